The van der Waals surface area contributed by atoms with Gasteiger partial charge >= 0.3 is 0 Å². The molecule has 0 aliphatic rings. The van der Waals surface area contributed by atoms with Gasteiger partial charge in [-0.15, -0.1) is 0 Å². The predicted octanol–water partition coefficient (Wildman–Crippen LogP) is 2.86. The Morgan fingerprint density at radius 2 is 1.75 bits per heavy atom. The van der Waals surface area contributed by atoms with Crippen molar-refractivity contribution >= 4 is 28.0 Å². The molecule has 0 bridgehead atoms. The average molecular weight is 265 g/mol. The van der Waals surface area contributed by atoms with Crippen molar-refractivity contribution in [3.63, 3.8) is 0 Å². The number of nitrogens with two attached hydrogens (primary N) is 1. The van der Waals surface area contributed by atoms with Crippen LogP contribution >= 0.6 is 0 Å². The Bertz CT molecular complexity index is 819. The predicted molar refractivity (Wildman–Crippen MR) is 83.3 cm³/mol. The Kier molecular flexibility index (Phi) is 2.91. The Hall–Kier alpha value is -2.75. The molecule has 0 aliphatic heterocycles. The summed E-state index contributed by atoms with van der Waals surface area (Å²) in [6, 6.07) is 16.9. The van der Waals surface area contributed by atoms with Crippen molar-refractivity contribution in [3.05, 3.63) is 65.0 Å². The van der Waals surface area contributed by atoms with Gasteiger partial charge in [0, 0.05) is 29.9 Å². The molecule has 2 aromatic carbocycles. The average Bonchev–Trinajstić information content (AvgIpc) is 2.47. The highest BCUT2D eigenvalue weighted by Gasteiger charge is 2.06. The van der Waals surface area contributed by atoms with Crippen molar-refractivity contribution in [3.8, 4) is 0 Å². The van der Waals surface area contributed by atoms with E-state index in [1.165, 1.54) is 0 Å². The van der Waals surface area contributed by atoms with Gasteiger partial charge in [0.15, 0.2) is 0 Å². The fourth-order valence-electron chi connectivity index (χ4n) is 2.24. The summed E-state index contributed by atoms with van der Waals surface area (Å²) in [7, 11) is 1.78. The number of pyridine rings is 1. The maximum absolute atomic E-state index is 12.0. The lowest BCUT2D eigenvalue weighted by Gasteiger charge is -2.12. The first kappa shape index (κ1) is 12.3. The minimum Gasteiger partial charge on any atom is -0.399 e. The lowest BCUT2D eigenvalue weighted by Crippen LogP contribution is -2.16. The smallest absolute Gasteiger partial charge is 0.252 e. The molecule has 0 unspecified atom stereocenters. The van der Waals surface area contributed by atoms with Crippen LogP contribution in [0.25, 0.3) is 10.9 Å². The van der Waals surface area contributed by atoms with E-state index >= 15 is 0 Å². The first-order valence-corrected chi connectivity index (χ1v) is 6.36. The molecular weight excluding hydrogens is 250 g/mol. The molecule has 0 atom stereocenters. The number of para-hydroxylation sites is 1. The number of nitrogens with zero attached hydrogens (tertiary/aromatic N) is 1. The molecule has 4 heteroatoms. The number of hydrogen-bond donors (Lipinski definition) is 2. The van der Waals surface area contributed by atoms with E-state index in [9.17, 15) is 4.79 Å². The summed E-state index contributed by atoms with van der Waals surface area (Å²) < 4.78 is 1.64. The van der Waals surface area contributed by atoms with E-state index in [-0.39, 0.29) is 5.56 Å². The second-order valence-corrected chi connectivity index (χ2v) is 4.72. The van der Waals surface area contributed by atoms with Crippen LogP contribution in [0, 0.1) is 0 Å². The number of anilines is 3. The monoisotopic (exact) mass is 265 g/mol. The number of rotatable bonds is 2. The van der Waals surface area contributed by atoms with Gasteiger partial charge in [0.1, 0.15) is 0 Å². The lowest BCUT2D eigenvalue weighted by molar-refractivity contribution is 0.907. The maximum atomic E-state index is 12.0. The van der Waals surface area contributed by atoms with Crippen molar-refractivity contribution in [1.29, 1.82) is 0 Å². The molecule has 1 aromatic heterocycles. The normalized spacial score (nSPS) is 10.7. The molecule has 0 aliphatic carbocycles. The van der Waals surface area contributed by atoms with Crippen LogP contribution in [-0.2, 0) is 7.05 Å². The van der Waals surface area contributed by atoms with Crippen molar-refractivity contribution in [2.45, 2.75) is 0 Å². The van der Waals surface area contributed by atoms with Gasteiger partial charge in [-0.2, -0.15) is 0 Å². The van der Waals surface area contributed by atoms with Gasteiger partial charge in [0.25, 0.3) is 5.56 Å². The topological polar surface area (TPSA) is 60.0 Å². The molecule has 3 N–H and O–H groups in total. The van der Waals surface area contributed by atoms with Crippen LogP contribution in [0.2, 0.25) is 0 Å². The maximum Gasteiger partial charge on any atom is 0.252 e. The second-order valence-electron chi connectivity index (χ2n) is 4.72. The fourth-order valence-corrected chi connectivity index (χ4v) is 2.24. The molecular formula is C16H15N3O. The minimum atomic E-state index is -0.0401. The standard InChI is InChI=1S/C16H15N3O/c1-19-15-5-3-2-4-13(15)14(10-16(19)20)18-12-8-6-11(17)7-9-12/h2-10,18H,17H2,1H3. The first-order valence-electron chi connectivity index (χ1n) is 6.36. The third kappa shape index (κ3) is 2.12. The molecule has 4 nitrogen and oxygen atoms in total. The van der Waals surface area contributed by atoms with Crippen LogP contribution in [0.15, 0.2) is 59.4 Å². The second kappa shape index (κ2) is 4.74. The third-order valence-electron chi connectivity index (χ3n) is 3.34. The van der Waals surface area contributed by atoms with Crippen molar-refractivity contribution < 1.29 is 0 Å². The number of benzene rings is 2. The molecule has 100 valence electrons. The van der Waals surface area contributed by atoms with Crippen molar-refractivity contribution in [2.24, 2.45) is 7.05 Å². The van der Waals surface area contributed by atoms with E-state index in [1.54, 1.807) is 17.7 Å². The lowest BCUT2D eigenvalue weighted by atomic mass is 10.1. The van der Waals surface area contributed by atoms with Gasteiger partial charge in [-0.1, -0.05) is 18.2 Å². The summed E-state index contributed by atoms with van der Waals surface area (Å²) in [4.78, 5) is 12.0. The molecule has 0 fully saturated rings. The van der Waals surface area contributed by atoms with E-state index in [0.29, 0.717) is 5.69 Å². The van der Waals surface area contributed by atoms with Gasteiger partial charge in [-0.3, -0.25) is 4.79 Å². The van der Waals surface area contributed by atoms with E-state index in [4.69, 9.17) is 5.73 Å². The first-order chi connectivity index (χ1) is 9.65. The molecule has 20 heavy (non-hydrogen) atoms. The number of nitrogens with one attached hydrogen (secondary N) is 1. The summed E-state index contributed by atoms with van der Waals surface area (Å²) in [6.45, 7) is 0. The number of aryl methyl sites for hydroxylation is 1. The van der Waals surface area contributed by atoms with Crippen LogP contribution in [0.1, 0.15) is 0 Å². The summed E-state index contributed by atoms with van der Waals surface area (Å²) in [5.41, 5.74) is 8.95. The van der Waals surface area contributed by atoms with Crippen LogP contribution < -0.4 is 16.6 Å². The van der Waals surface area contributed by atoms with E-state index in [1.807, 2.05) is 48.5 Å². The summed E-state index contributed by atoms with van der Waals surface area (Å²) in [5, 5.41) is 4.28. The highest BCUT2D eigenvalue weighted by Crippen LogP contribution is 2.24. The molecule has 1 heterocycles. The highest BCUT2D eigenvalue weighted by atomic mass is 16.1. The number of fused-ring (bicyclic) bond motifs is 1. The molecule has 3 rings (SSSR count). The van der Waals surface area contributed by atoms with Crippen LogP contribution in [0.4, 0.5) is 17.1 Å². The van der Waals surface area contributed by atoms with E-state index < -0.39 is 0 Å². The van der Waals surface area contributed by atoms with Crippen molar-refractivity contribution in [2.75, 3.05) is 11.1 Å². The van der Waals surface area contributed by atoms with Gasteiger partial charge in [-0.25, -0.2) is 0 Å². The van der Waals surface area contributed by atoms with Gasteiger partial charge < -0.3 is 15.6 Å². The Labute approximate surface area is 116 Å². The van der Waals surface area contributed by atoms with Crippen molar-refractivity contribution in [1.82, 2.24) is 4.57 Å². The van der Waals surface area contributed by atoms with Crippen LogP contribution in [0.5, 0.6) is 0 Å². The highest BCUT2D eigenvalue weighted by molar-refractivity contribution is 5.93. The summed E-state index contributed by atoms with van der Waals surface area (Å²) in [6.07, 6.45) is 0. The van der Waals surface area contributed by atoms with Gasteiger partial charge in [0.05, 0.1) is 11.2 Å². The minimum absolute atomic E-state index is 0.0401. The Morgan fingerprint density at radius 1 is 1.05 bits per heavy atom. The molecule has 0 amide bonds. The van der Waals surface area contributed by atoms with Gasteiger partial charge in [-0.05, 0) is 30.3 Å². The van der Waals surface area contributed by atoms with E-state index in [2.05, 4.69) is 5.32 Å². The molecule has 0 saturated carbocycles. The largest absolute Gasteiger partial charge is 0.399 e. The molecule has 3 aromatic rings. The quantitative estimate of drug-likeness (QED) is 0.700. The fraction of sp³-hybridized carbons (Fsp3) is 0.0625. The number of aromatic nitrogens is 1. The Morgan fingerprint density at radius 3 is 2.50 bits per heavy atom. The Balaban J connectivity index is 2.14. The zero-order valence-electron chi connectivity index (χ0n) is 11.1. The van der Waals surface area contributed by atoms with Crippen LogP contribution in [0.3, 0.4) is 0 Å². The molecule has 0 saturated heterocycles. The molecule has 0 spiro atoms. The van der Waals surface area contributed by atoms with Crippen LogP contribution in [-0.4, -0.2) is 4.57 Å². The number of nitrogen functional groups attached to an aromatic ring is 1. The zero-order valence-corrected chi connectivity index (χ0v) is 11.1. The zero-order chi connectivity index (χ0) is 14.1. The summed E-state index contributed by atoms with van der Waals surface area (Å²) >= 11 is 0. The van der Waals surface area contributed by atoms with E-state index in [0.717, 1.165) is 22.3 Å². The van der Waals surface area contributed by atoms with Gasteiger partial charge in [0.2, 0.25) is 0 Å². The SMILES string of the molecule is Cn1c(=O)cc(Nc2ccc(N)cc2)c2ccccc21. The molecule has 0 radical (unpaired) electrons. The summed E-state index contributed by atoms with van der Waals surface area (Å²) in [5.74, 6) is 0. The number of hydrogen-bond acceptors (Lipinski definition) is 3. The third-order valence-corrected chi connectivity index (χ3v) is 3.34.